The Labute approximate surface area is 132 Å². The van der Waals surface area contributed by atoms with Crippen molar-refractivity contribution >= 4 is 33.2 Å². The number of amides is 1. The van der Waals surface area contributed by atoms with Gasteiger partial charge in [-0.15, -0.1) is 11.3 Å². The van der Waals surface area contributed by atoms with E-state index in [1.165, 1.54) is 15.8 Å². The summed E-state index contributed by atoms with van der Waals surface area (Å²) in [5.74, 6) is -1.15. The van der Waals surface area contributed by atoms with E-state index in [1.54, 1.807) is 4.90 Å². The summed E-state index contributed by atoms with van der Waals surface area (Å²) >= 11 is 0.893. The lowest BCUT2D eigenvalue weighted by Crippen LogP contribution is -2.59. The molecule has 2 aliphatic heterocycles. The Morgan fingerprint density at radius 3 is 2.77 bits per heavy atom. The van der Waals surface area contributed by atoms with Crippen molar-refractivity contribution in [3.05, 3.63) is 16.3 Å². The highest BCUT2D eigenvalue weighted by molar-refractivity contribution is 7.89. The van der Waals surface area contributed by atoms with E-state index in [2.05, 4.69) is 0 Å². The van der Waals surface area contributed by atoms with E-state index in [4.69, 9.17) is 5.11 Å². The average molecular weight is 344 g/mol. The SMILES string of the molecule is O=C(O)c1cc(S(=O)(=O)N2CCC(=O)N3CCCCC32)cs1. The molecule has 0 saturated carbocycles. The molecule has 3 heterocycles. The number of carbonyl (C=O) groups is 2. The lowest BCUT2D eigenvalue weighted by molar-refractivity contribution is -0.142. The Morgan fingerprint density at radius 1 is 1.32 bits per heavy atom. The molecule has 1 aromatic rings. The van der Waals surface area contributed by atoms with E-state index < -0.39 is 22.2 Å². The Balaban J connectivity index is 1.93. The maximum atomic E-state index is 12.8. The zero-order chi connectivity index (χ0) is 15.9. The topological polar surface area (TPSA) is 95.0 Å². The Hall–Kier alpha value is -1.45. The molecular weight excluding hydrogens is 328 g/mol. The first-order valence-corrected chi connectivity index (χ1v) is 9.36. The van der Waals surface area contributed by atoms with Gasteiger partial charge in [0, 0.05) is 24.9 Å². The Bertz CT molecular complexity index is 712. The van der Waals surface area contributed by atoms with Crippen LogP contribution >= 0.6 is 11.3 Å². The van der Waals surface area contributed by atoms with Crippen molar-refractivity contribution in [2.75, 3.05) is 13.1 Å². The molecule has 2 aliphatic rings. The fraction of sp³-hybridized carbons (Fsp3) is 0.538. The molecule has 0 aliphatic carbocycles. The van der Waals surface area contributed by atoms with E-state index in [9.17, 15) is 18.0 Å². The van der Waals surface area contributed by atoms with Crippen molar-refractivity contribution < 1.29 is 23.1 Å². The highest BCUT2D eigenvalue weighted by atomic mass is 32.2. The number of piperidine rings is 1. The Morgan fingerprint density at radius 2 is 2.09 bits per heavy atom. The van der Waals surface area contributed by atoms with E-state index in [-0.39, 0.29) is 28.6 Å². The fourth-order valence-electron chi connectivity index (χ4n) is 2.98. The predicted octanol–water partition coefficient (Wildman–Crippen LogP) is 1.18. The predicted molar refractivity (Wildman–Crippen MR) is 79.1 cm³/mol. The van der Waals surface area contributed by atoms with Gasteiger partial charge in [0.15, 0.2) is 0 Å². The maximum absolute atomic E-state index is 12.8. The van der Waals surface area contributed by atoms with Crippen LogP contribution in [0.15, 0.2) is 16.3 Å². The van der Waals surface area contributed by atoms with Gasteiger partial charge in [0.1, 0.15) is 4.88 Å². The van der Waals surface area contributed by atoms with E-state index in [1.807, 2.05) is 0 Å². The molecule has 120 valence electrons. The molecule has 22 heavy (non-hydrogen) atoms. The average Bonchev–Trinajstić information content (AvgIpc) is 2.98. The number of carboxylic acid groups (broad SMARTS) is 1. The molecule has 1 amide bonds. The van der Waals surface area contributed by atoms with Gasteiger partial charge in [-0.05, 0) is 25.3 Å². The second kappa shape index (κ2) is 5.64. The molecule has 7 nitrogen and oxygen atoms in total. The van der Waals surface area contributed by atoms with Gasteiger partial charge in [-0.3, -0.25) is 4.79 Å². The first-order valence-electron chi connectivity index (χ1n) is 7.04. The van der Waals surface area contributed by atoms with Crippen molar-refractivity contribution in [1.82, 2.24) is 9.21 Å². The van der Waals surface area contributed by atoms with Crippen molar-refractivity contribution in [2.45, 2.75) is 36.7 Å². The second-order valence-electron chi connectivity index (χ2n) is 5.38. The number of carboxylic acids is 1. The zero-order valence-electron chi connectivity index (χ0n) is 11.8. The molecule has 3 rings (SSSR count). The minimum absolute atomic E-state index is 0.00484. The first-order chi connectivity index (χ1) is 10.4. The lowest BCUT2D eigenvalue weighted by atomic mass is 10.1. The van der Waals surface area contributed by atoms with Gasteiger partial charge in [0.2, 0.25) is 15.9 Å². The molecule has 0 radical (unpaired) electrons. The van der Waals surface area contributed by atoms with Gasteiger partial charge >= 0.3 is 5.97 Å². The van der Waals surface area contributed by atoms with Crippen LogP contribution in [-0.2, 0) is 14.8 Å². The van der Waals surface area contributed by atoms with Crippen LogP contribution in [-0.4, -0.2) is 53.9 Å². The number of hydrogen-bond acceptors (Lipinski definition) is 5. The molecule has 9 heteroatoms. The van der Waals surface area contributed by atoms with Crippen LogP contribution in [0.4, 0.5) is 0 Å². The largest absolute Gasteiger partial charge is 0.477 e. The monoisotopic (exact) mass is 344 g/mol. The molecular formula is C13H16N2O5S2. The summed E-state index contributed by atoms with van der Waals surface area (Å²) in [6.45, 7) is 0.736. The number of rotatable bonds is 3. The summed E-state index contributed by atoms with van der Waals surface area (Å²) in [6.07, 6.45) is 2.13. The van der Waals surface area contributed by atoms with Gasteiger partial charge in [0.05, 0.1) is 11.1 Å². The number of nitrogens with zero attached hydrogens (tertiary/aromatic N) is 2. The van der Waals surface area contributed by atoms with Gasteiger partial charge in [-0.1, -0.05) is 0 Å². The summed E-state index contributed by atoms with van der Waals surface area (Å²) in [6, 6.07) is 1.19. The van der Waals surface area contributed by atoms with Crippen LogP contribution in [0, 0.1) is 0 Å². The minimum atomic E-state index is -3.78. The number of hydrogen-bond donors (Lipinski definition) is 1. The normalized spacial score (nSPS) is 23.4. The summed E-state index contributed by atoms with van der Waals surface area (Å²) < 4.78 is 26.9. The molecule has 0 spiro atoms. The number of carbonyl (C=O) groups excluding carboxylic acids is 1. The van der Waals surface area contributed by atoms with Crippen molar-refractivity contribution in [3.8, 4) is 0 Å². The summed E-state index contributed by atoms with van der Waals surface area (Å²) in [7, 11) is -3.78. The molecule has 1 unspecified atom stereocenters. The van der Waals surface area contributed by atoms with Crippen molar-refractivity contribution in [2.24, 2.45) is 0 Å². The Kier molecular flexibility index (Phi) is 3.96. The number of sulfonamides is 1. The molecule has 2 fully saturated rings. The highest BCUT2D eigenvalue weighted by Crippen LogP contribution is 2.31. The standard InChI is InChI=1S/C13H16N2O5S2/c16-12-4-6-15(11-3-1-2-5-14(11)12)22(19,20)9-7-10(13(17)18)21-8-9/h7-8,11H,1-6H2,(H,17,18). The lowest BCUT2D eigenvalue weighted by Gasteiger charge is -2.45. The van der Waals surface area contributed by atoms with Crippen LogP contribution in [0.5, 0.6) is 0 Å². The van der Waals surface area contributed by atoms with E-state index >= 15 is 0 Å². The summed E-state index contributed by atoms with van der Waals surface area (Å²) in [5, 5.41) is 10.3. The number of aromatic carboxylic acids is 1. The third-order valence-electron chi connectivity index (χ3n) is 4.06. The molecule has 2 saturated heterocycles. The van der Waals surface area contributed by atoms with E-state index in [0.29, 0.717) is 13.0 Å². The summed E-state index contributed by atoms with van der Waals surface area (Å²) in [4.78, 5) is 24.5. The fourth-order valence-corrected chi connectivity index (χ4v) is 5.71. The third kappa shape index (κ3) is 2.53. The van der Waals surface area contributed by atoms with Gasteiger partial charge in [-0.2, -0.15) is 4.31 Å². The van der Waals surface area contributed by atoms with Crippen LogP contribution in [0.25, 0.3) is 0 Å². The minimum Gasteiger partial charge on any atom is -0.477 e. The highest BCUT2D eigenvalue weighted by Gasteiger charge is 2.42. The maximum Gasteiger partial charge on any atom is 0.345 e. The van der Waals surface area contributed by atoms with Crippen LogP contribution in [0.2, 0.25) is 0 Å². The number of thiophene rings is 1. The van der Waals surface area contributed by atoms with Gasteiger partial charge in [0.25, 0.3) is 0 Å². The third-order valence-corrected chi connectivity index (χ3v) is 7.00. The van der Waals surface area contributed by atoms with Crippen LogP contribution < -0.4 is 0 Å². The summed E-state index contributed by atoms with van der Waals surface area (Å²) in [5.41, 5.74) is 0. The first kappa shape index (κ1) is 15.4. The smallest absolute Gasteiger partial charge is 0.345 e. The van der Waals surface area contributed by atoms with Crippen LogP contribution in [0.3, 0.4) is 0 Å². The van der Waals surface area contributed by atoms with Gasteiger partial charge in [-0.25, -0.2) is 13.2 Å². The van der Waals surface area contributed by atoms with Crippen LogP contribution in [0.1, 0.15) is 35.4 Å². The van der Waals surface area contributed by atoms with Crippen molar-refractivity contribution in [1.29, 1.82) is 0 Å². The molecule has 0 bridgehead atoms. The van der Waals surface area contributed by atoms with E-state index in [0.717, 1.165) is 24.2 Å². The zero-order valence-corrected chi connectivity index (χ0v) is 13.4. The molecule has 1 N–H and O–H groups in total. The quantitative estimate of drug-likeness (QED) is 0.888. The molecule has 0 aromatic carbocycles. The second-order valence-corrected chi connectivity index (χ2v) is 8.18. The molecule has 1 aromatic heterocycles. The van der Waals surface area contributed by atoms with Crippen molar-refractivity contribution in [3.63, 3.8) is 0 Å². The van der Waals surface area contributed by atoms with Gasteiger partial charge < -0.3 is 10.0 Å². The molecule has 1 atom stereocenters. The number of fused-ring (bicyclic) bond motifs is 1.